The predicted molar refractivity (Wildman–Crippen MR) is 93.9 cm³/mol. The summed E-state index contributed by atoms with van der Waals surface area (Å²) in [4.78, 5) is 12.1. The SMILES string of the molecule is O=C(Nc1ccc(Nc2c(Cl)cccc2Cl)nn1)C1CCOCC1. The zero-order valence-electron chi connectivity index (χ0n) is 12.8. The molecule has 1 aliphatic rings. The fraction of sp³-hybridized carbons (Fsp3) is 0.312. The van der Waals surface area contributed by atoms with Gasteiger partial charge in [-0.05, 0) is 37.1 Å². The number of anilines is 3. The number of nitrogens with zero attached hydrogens (tertiary/aromatic N) is 2. The molecule has 1 aliphatic heterocycles. The molecular formula is C16H16Cl2N4O2. The Morgan fingerprint density at radius 1 is 1.04 bits per heavy atom. The minimum atomic E-state index is -0.0533. The molecule has 2 N–H and O–H groups in total. The lowest BCUT2D eigenvalue weighted by Crippen LogP contribution is -2.28. The third kappa shape index (κ3) is 4.14. The Morgan fingerprint density at radius 2 is 1.67 bits per heavy atom. The molecule has 1 saturated heterocycles. The second-order valence-corrected chi connectivity index (χ2v) is 6.22. The molecule has 1 fully saturated rings. The quantitative estimate of drug-likeness (QED) is 0.858. The molecule has 6 nitrogen and oxygen atoms in total. The number of carbonyl (C=O) groups excluding carboxylic acids is 1. The van der Waals surface area contributed by atoms with E-state index in [9.17, 15) is 4.79 Å². The maximum Gasteiger partial charge on any atom is 0.228 e. The van der Waals surface area contributed by atoms with Crippen LogP contribution in [0.1, 0.15) is 12.8 Å². The molecule has 0 spiro atoms. The second-order valence-electron chi connectivity index (χ2n) is 5.40. The first kappa shape index (κ1) is 17.0. The van der Waals surface area contributed by atoms with Crippen molar-refractivity contribution in [3.05, 3.63) is 40.4 Å². The number of benzene rings is 1. The fourth-order valence-corrected chi connectivity index (χ4v) is 2.89. The highest BCUT2D eigenvalue weighted by Crippen LogP contribution is 2.31. The highest BCUT2D eigenvalue weighted by Gasteiger charge is 2.21. The van der Waals surface area contributed by atoms with Gasteiger partial charge in [0.05, 0.1) is 15.7 Å². The molecule has 1 aromatic heterocycles. The van der Waals surface area contributed by atoms with E-state index in [2.05, 4.69) is 20.8 Å². The number of carbonyl (C=O) groups is 1. The van der Waals surface area contributed by atoms with Gasteiger partial charge in [0.1, 0.15) is 0 Å². The third-order valence-corrected chi connectivity index (χ3v) is 4.35. The zero-order chi connectivity index (χ0) is 16.9. The average molecular weight is 367 g/mol. The fourth-order valence-electron chi connectivity index (χ4n) is 2.40. The van der Waals surface area contributed by atoms with Crippen LogP contribution in [0.15, 0.2) is 30.3 Å². The predicted octanol–water partition coefficient (Wildman–Crippen LogP) is 3.89. The molecule has 0 saturated carbocycles. The topological polar surface area (TPSA) is 76.1 Å². The summed E-state index contributed by atoms with van der Waals surface area (Å²) in [5.41, 5.74) is 0.564. The van der Waals surface area contributed by atoms with Crippen molar-refractivity contribution >= 4 is 46.4 Å². The summed E-state index contributed by atoms with van der Waals surface area (Å²) in [6.07, 6.45) is 1.45. The second kappa shape index (κ2) is 7.79. The van der Waals surface area contributed by atoms with E-state index in [0.29, 0.717) is 40.6 Å². The Kier molecular flexibility index (Phi) is 5.50. The Balaban J connectivity index is 1.64. The number of hydrogen-bond acceptors (Lipinski definition) is 5. The molecule has 2 heterocycles. The Bertz CT molecular complexity index is 698. The van der Waals surface area contributed by atoms with Gasteiger partial charge in [0.2, 0.25) is 5.91 Å². The Hall–Kier alpha value is -1.89. The maximum absolute atomic E-state index is 12.1. The third-order valence-electron chi connectivity index (χ3n) is 3.72. The van der Waals surface area contributed by atoms with Crippen LogP contribution in [0.4, 0.5) is 17.3 Å². The van der Waals surface area contributed by atoms with Crippen molar-refractivity contribution in [2.75, 3.05) is 23.8 Å². The lowest BCUT2D eigenvalue weighted by molar-refractivity contribution is -0.122. The molecule has 126 valence electrons. The van der Waals surface area contributed by atoms with Gasteiger partial charge in [-0.2, -0.15) is 0 Å². The largest absolute Gasteiger partial charge is 0.381 e. The van der Waals surface area contributed by atoms with Crippen molar-refractivity contribution in [1.82, 2.24) is 10.2 Å². The summed E-state index contributed by atoms with van der Waals surface area (Å²) in [6, 6.07) is 8.59. The zero-order valence-corrected chi connectivity index (χ0v) is 14.3. The first-order chi connectivity index (χ1) is 11.6. The molecule has 3 rings (SSSR count). The van der Waals surface area contributed by atoms with Crippen molar-refractivity contribution in [2.45, 2.75) is 12.8 Å². The van der Waals surface area contributed by atoms with E-state index in [1.807, 2.05) is 0 Å². The van der Waals surface area contributed by atoms with Crippen molar-refractivity contribution < 1.29 is 9.53 Å². The minimum Gasteiger partial charge on any atom is -0.381 e. The number of rotatable bonds is 4. The lowest BCUT2D eigenvalue weighted by atomic mass is 9.99. The summed E-state index contributed by atoms with van der Waals surface area (Å²) in [5.74, 6) is 0.791. The van der Waals surface area contributed by atoms with Crippen LogP contribution in [-0.2, 0) is 9.53 Å². The molecule has 24 heavy (non-hydrogen) atoms. The minimum absolute atomic E-state index is 0.0414. The van der Waals surface area contributed by atoms with Gasteiger partial charge in [0, 0.05) is 19.1 Å². The van der Waals surface area contributed by atoms with Gasteiger partial charge < -0.3 is 15.4 Å². The van der Waals surface area contributed by atoms with Crippen LogP contribution in [-0.4, -0.2) is 29.3 Å². The monoisotopic (exact) mass is 366 g/mol. The highest BCUT2D eigenvalue weighted by atomic mass is 35.5. The van der Waals surface area contributed by atoms with E-state index in [-0.39, 0.29) is 11.8 Å². The van der Waals surface area contributed by atoms with Crippen LogP contribution in [0.3, 0.4) is 0 Å². The van der Waals surface area contributed by atoms with Gasteiger partial charge in [-0.3, -0.25) is 4.79 Å². The molecule has 1 aromatic carbocycles. The molecule has 0 unspecified atom stereocenters. The first-order valence-corrected chi connectivity index (χ1v) is 8.32. The summed E-state index contributed by atoms with van der Waals surface area (Å²) >= 11 is 12.2. The van der Waals surface area contributed by atoms with Crippen LogP contribution >= 0.6 is 23.2 Å². The van der Waals surface area contributed by atoms with E-state index in [1.165, 1.54) is 0 Å². The number of halogens is 2. The first-order valence-electron chi connectivity index (χ1n) is 7.57. The summed E-state index contributed by atoms with van der Waals surface area (Å²) < 4.78 is 5.25. The van der Waals surface area contributed by atoms with Gasteiger partial charge in [0.25, 0.3) is 0 Å². The van der Waals surface area contributed by atoms with Crippen LogP contribution in [0.5, 0.6) is 0 Å². The molecule has 0 aliphatic carbocycles. The molecule has 8 heteroatoms. The molecule has 0 atom stereocenters. The highest BCUT2D eigenvalue weighted by molar-refractivity contribution is 6.39. The van der Waals surface area contributed by atoms with Crippen molar-refractivity contribution in [2.24, 2.45) is 5.92 Å². The van der Waals surface area contributed by atoms with Gasteiger partial charge in [-0.1, -0.05) is 29.3 Å². The average Bonchev–Trinajstić information content (AvgIpc) is 2.60. The van der Waals surface area contributed by atoms with E-state index in [1.54, 1.807) is 30.3 Å². The van der Waals surface area contributed by atoms with Crippen LogP contribution < -0.4 is 10.6 Å². The molecule has 0 bridgehead atoms. The summed E-state index contributed by atoms with van der Waals surface area (Å²) in [5, 5.41) is 14.8. The van der Waals surface area contributed by atoms with Crippen LogP contribution in [0, 0.1) is 5.92 Å². The number of amides is 1. The van der Waals surface area contributed by atoms with Gasteiger partial charge in [-0.15, -0.1) is 10.2 Å². The number of hydrogen-bond donors (Lipinski definition) is 2. The maximum atomic E-state index is 12.1. The molecule has 2 aromatic rings. The van der Waals surface area contributed by atoms with Crippen molar-refractivity contribution in [1.29, 1.82) is 0 Å². The summed E-state index contributed by atoms with van der Waals surface area (Å²) in [7, 11) is 0. The van der Waals surface area contributed by atoms with Crippen LogP contribution in [0.2, 0.25) is 10.0 Å². The number of para-hydroxylation sites is 1. The smallest absolute Gasteiger partial charge is 0.228 e. The molecular weight excluding hydrogens is 351 g/mol. The van der Waals surface area contributed by atoms with Gasteiger partial charge in [-0.25, -0.2) is 0 Å². The van der Waals surface area contributed by atoms with Gasteiger partial charge >= 0.3 is 0 Å². The number of ether oxygens (including phenoxy) is 1. The lowest BCUT2D eigenvalue weighted by Gasteiger charge is -2.20. The van der Waals surface area contributed by atoms with Crippen LogP contribution in [0.25, 0.3) is 0 Å². The van der Waals surface area contributed by atoms with Crippen molar-refractivity contribution in [3.8, 4) is 0 Å². The van der Waals surface area contributed by atoms with E-state index >= 15 is 0 Å². The van der Waals surface area contributed by atoms with E-state index < -0.39 is 0 Å². The molecule has 1 amide bonds. The summed E-state index contributed by atoms with van der Waals surface area (Å²) in [6.45, 7) is 1.23. The van der Waals surface area contributed by atoms with Gasteiger partial charge in [0.15, 0.2) is 11.6 Å². The number of aromatic nitrogens is 2. The Labute approximate surface area is 149 Å². The number of nitrogens with one attached hydrogen (secondary N) is 2. The molecule has 0 radical (unpaired) electrons. The Morgan fingerprint density at radius 3 is 2.29 bits per heavy atom. The normalized spacial score (nSPS) is 15.1. The van der Waals surface area contributed by atoms with Crippen molar-refractivity contribution in [3.63, 3.8) is 0 Å². The van der Waals surface area contributed by atoms with E-state index in [0.717, 1.165) is 12.8 Å². The van der Waals surface area contributed by atoms with E-state index in [4.69, 9.17) is 27.9 Å². The standard InChI is InChI=1S/C16H16Cl2N4O2/c17-11-2-1-3-12(18)15(11)19-13-4-5-14(22-21-13)20-16(23)10-6-8-24-9-7-10/h1-5,10H,6-9H2,(H,19,21)(H,20,22,23).